The maximum atomic E-state index is 14.8. The number of esters is 3. The smallest absolute Gasteiger partial charge is 0.311 e. The highest BCUT2D eigenvalue weighted by Crippen LogP contribution is 2.48. The lowest BCUT2D eigenvalue weighted by Crippen LogP contribution is -2.59. The second-order valence-corrected chi connectivity index (χ2v) is 20.0. The van der Waals surface area contributed by atoms with Crippen LogP contribution in [0.2, 0.25) is 0 Å². The third-order valence-electron chi connectivity index (χ3n) is 12.7. The molecule has 2 aromatic rings. The summed E-state index contributed by atoms with van der Waals surface area (Å²) in [5, 5.41) is 20.5. The van der Waals surface area contributed by atoms with Crippen LogP contribution in [-0.4, -0.2) is 117 Å². The fraction of sp³-hybridized carbons (Fsp3) is 0.723. The number of carbonyl (C=O) groups excluding carboxylic acids is 3. The van der Waals surface area contributed by atoms with Crippen molar-refractivity contribution in [1.82, 2.24) is 19.9 Å². The number of likely N-dealkylation sites (N-methyl/N-ethyl adjacent to an activating group) is 1. The Morgan fingerprint density at radius 1 is 1.02 bits per heavy atom. The zero-order valence-corrected chi connectivity index (χ0v) is 40.5. The highest BCUT2D eigenvalue weighted by Gasteiger charge is 2.58. The molecule has 0 amide bonds. The summed E-state index contributed by atoms with van der Waals surface area (Å²) in [5.74, 6) is -3.89. The molecule has 0 spiro atoms. The first kappa shape index (κ1) is 50.5. The lowest BCUT2D eigenvalue weighted by molar-refractivity contribution is -0.299. The number of rotatable bonds is 14. The molecule has 352 valence electrons. The van der Waals surface area contributed by atoms with E-state index in [1.165, 1.54) is 0 Å². The summed E-state index contributed by atoms with van der Waals surface area (Å²) >= 11 is 1.62. The molecule has 2 saturated heterocycles. The lowest BCUT2D eigenvalue weighted by Gasteiger charge is -2.47. The molecule has 4 heterocycles. The number of cyclic esters (lactones) is 1. The summed E-state index contributed by atoms with van der Waals surface area (Å²) in [6, 6.07) is 9.74. The average Bonchev–Trinajstić information content (AvgIpc) is 3.82. The topological polar surface area (TPSA) is 170 Å². The molecule has 1 aromatic carbocycles. The van der Waals surface area contributed by atoms with Gasteiger partial charge in [0, 0.05) is 23.3 Å². The third-order valence-corrected chi connectivity index (χ3v) is 13.7. The Labute approximate surface area is 378 Å². The first-order valence-corrected chi connectivity index (χ1v) is 23.4. The van der Waals surface area contributed by atoms with Gasteiger partial charge in [-0.15, -0.1) is 16.9 Å². The Morgan fingerprint density at radius 2 is 1.68 bits per heavy atom. The molecular weight excluding hydrogens is 829 g/mol. The Morgan fingerprint density at radius 3 is 2.30 bits per heavy atom. The van der Waals surface area contributed by atoms with Gasteiger partial charge in [-0.25, -0.2) is 4.68 Å². The summed E-state index contributed by atoms with van der Waals surface area (Å²) in [6.45, 7) is 21.8. The molecule has 5 rings (SSSR count). The molecule has 0 radical (unpaired) electrons. The lowest BCUT2D eigenvalue weighted by atomic mass is 9.78. The number of nitrogens with zero attached hydrogens (tertiary/aromatic N) is 4. The summed E-state index contributed by atoms with van der Waals surface area (Å²) < 4.78 is 48.2. The van der Waals surface area contributed by atoms with Crippen LogP contribution in [0.3, 0.4) is 0 Å². The van der Waals surface area contributed by atoms with Gasteiger partial charge in [-0.1, -0.05) is 71.9 Å². The molecule has 15 nitrogen and oxygen atoms in total. The van der Waals surface area contributed by atoms with E-state index in [0.29, 0.717) is 30.2 Å². The van der Waals surface area contributed by atoms with Gasteiger partial charge in [0.25, 0.3) is 0 Å². The number of aliphatic hydroxyl groups is 1. The molecule has 63 heavy (non-hydrogen) atoms. The Kier molecular flexibility index (Phi) is 17.0. The number of aromatic nitrogens is 3. The fourth-order valence-corrected chi connectivity index (χ4v) is 9.98. The van der Waals surface area contributed by atoms with Crippen LogP contribution in [0.1, 0.15) is 108 Å². The van der Waals surface area contributed by atoms with Crippen molar-refractivity contribution in [1.29, 1.82) is 0 Å². The minimum absolute atomic E-state index is 0.00290. The molecule has 0 aliphatic carbocycles. The number of hydrogen-bond donors (Lipinski definition) is 1. The van der Waals surface area contributed by atoms with Gasteiger partial charge in [0.2, 0.25) is 0 Å². The van der Waals surface area contributed by atoms with E-state index in [-0.39, 0.29) is 25.2 Å². The van der Waals surface area contributed by atoms with Crippen molar-refractivity contribution in [2.24, 2.45) is 29.6 Å². The quantitative estimate of drug-likeness (QED) is 0.117. The van der Waals surface area contributed by atoms with Gasteiger partial charge in [-0.2, -0.15) is 0 Å². The van der Waals surface area contributed by atoms with Crippen LogP contribution < -0.4 is 0 Å². The van der Waals surface area contributed by atoms with Crippen LogP contribution in [0.4, 0.5) is 0 Å². The first-order valence-electron chi connectivity index (χ1n) is 22.5. The number of carbonyl (C=O) groups is 3. The number of ether oxygens (including phenoxy) is 7. The van der Waals surface area contributed by atoms with Crippen molar-refractivity contribution in [3.8, 4) is 0 Å². The van der Waals surface area contributed by atoms with E-state index in [9.17, 15) is 19.5 Å². The molecule has 3 aliphatic heterocycles. The molecule has 16 heteroatoms. The Hall–Kier alpha value is -3.54. The zero-order valence-electron chi connectivity index (χ0n) is 39.7. The Bertz CT molecular complexity index is 1890. The average molecular weight is 901 g/mol. The summed E-state index contributed by atoms with van der Waals surface area (Å²) in [5.41, 5.74) is -1.36. The fourth-order valence-electron chi connectivity index (χ4n) is 9.23. The zero-order chi connectivity index (χ0) is 46.6. The minimum atomic E-state index is -1.66. The predicted octanol–water partition coefficient (Wildman–Crippen LogP) is 6.95. The van der Waals surface area contributed by atoms with Crippen molar-refractivity contribution in [2.75, 3.05) is 14.1 Å². The second kappa shape index (κ2) is 21.2. The number of hydrogen-bond acceptors (Lipinski definition) is 15. The van der Waals surface area contributed by atoms with Crippen LogP contribution in [0.15, 0.2) is 52.8 Å². The molecule has 2 bridgehead atoms. The molecular formula is C47H72N4O11S. The van der Waals surface area contributed by atoms with E-state index >= 15 is 0 Å². The second-order valence-electron chi connectivity index (χ2n) is 19.0. The van der Waals surface area contributed by atoms with Crippen molar-refractivity contribution < 1.29 is 52.6 Å². The van der Waals surface area contributed by atoms with Crippen LogP contribution >= 0.6 is 11.8 Å². The van der Waals surface area contributed by atoms with Crippen molar-refractivity contribution >= 4 is 29.7 Å². The monoisotopic (exact) mass is 900 g/mol. The summed E-state index contributed by atoms with van der Waals surface area (Å²) in [6.07, 6.45) is -3.24. The number of benzene rings is 1. The number of thioether (sulfide) groups is 1. The van der Waals surface area contributed by atoms with Gasteiger partial charge < -0.3 is 43.2 Å². The predicted molar refractivity (Wildman–Crippen MR) is 237 cm³/mol. The first-order chi connectivity index (χ1) is 29.6. The highest BCUT2D eigenvalue weighted by atomic mass is 32.2. The van der Waals surface area contributed by atoms with Crippen molar-refractivity contribution in [3.05, 3.63) is 53.6 Å². The van der Waals surface area contributed by atoms with Gasteiger partial charge >= 0.3 is 17.9 Å². The molecule has 2 fully saturated rings. The van der Waals surface area contributed by atoms with Gasteiger partial charge in [0.15, 0.2) is 18.0 Å². The van der Waals surface area contributed by atoms with Crippen LogP contribution in [-0.2, 0) is 60.0 Å². The molecule has 13 atom stereocenters. The molecule has 0 saturated carbocycles. The molecule has 1 N–H and O–H groups in total. The molecule has 0 unspecified atom stereocenters. The molecule has 1 aromatic heterocycles. The van der Waals surface area contributed by atoms with E-state index in [1.54, 1.807) is 58.0 Å². The number of fused-ring (bicyclic) bond motifs is 2. The Balaban J connectivity index is 1.61. The third kappa shape index (κ3) is 11.7. The van der Waals surface area contributed by atoms with Crippen LogP contribution in [0.5, 0.6) is 0 Å². The van der Waals surface area contributed by atoms with Gasteiger partial charge in [-0.05, 0) is 79.3 Å². The van der Waals surface area contributed by atoms with Crippen LogP contribution in [0.25, 0.3) is 0 Å². The minimum Gasteiger partial charge on any atom is -0.488 e. The standard InChI is InChI=1S/C47H72N4O11S/c1-15-36-47(12,62-43(54)27(4)5)41(59-42(53)26(2)3)30(8)38-28(6)22-46(11,61-38)40(60-45-37(52)35(50(13)14)21-29(7)57-45)31(9)39(32(10)44(55)58-36)56-24-33-23-51(49-48-33)25-63-34-19-17-16-18-20-34/h16-20,23,26-27,29-32,35-37,39-41,45,52H,15,21-22,24-25H2,1-14H3/t29-,30+,31+,32-,35+,36-,37-,39+,40-,41-,45+,46-,47-/m1/s1. The maximum absolute atomic E-state index is 14.8. The van der Waals surface area contributed by atoms with E-state index in [1.807, 2.05) is 97.1 Å². The van der Waals surface area contributed by atoms with Gasteiger partial charge in [0.05, 0.1) is 54.6 Å². The van der Waals surface area contributed by atoms with E-state index in [2.05, 4.69) is 10.3 Å². The normalized spacial score (nSPS) is 34.3. The van der Waals surface area contributed by atoms with Gasteiger partial charge in [-0.3, -0.25) is 14.4 Å². The van der Waals surface area contributed by atoms with Crippen molar-refractivity contribution in [2.45, 2.75) is 180 Å². The summed E-state index contributed by atoms with van der Waals surface area (Å²) in [4.78, 5) is 45.1. The van der Waals surface area contributed by atoms with Gasteiger partial charge in [0.1, 0.15) is 35.4 Å². The highest BCUT2D eigenvalue weighted by molar-refractivity contribution is 7.98. The van der Waals surface area contributed by atoms with Crippen molar-refractivity contribution in [3.63, 3.8) is 0 Å². The SMILES string of the molecule is CC[C@H]1OC(=O)[C@H](C)[C@@H](OCc2cn(CSc3ccccc3)nn2)[C@H](C)[C@@H](O[C@@H]2O[C@H](C)C[C@H](N(C)C)[C@H]2O)[C@@]2(C)CC(C)=C(O2)[C@H](C)[C@@H](OC(=O)C(C)C)[C@]1(C)OC(=O)C(C)C. The maximum Gasteiger partial charge on any atom is 0.311 e. The largest absolute Gasteiger partial charge is 0.488 e. The number of aliphatic hydroxyl groups excluding tert-OH is 1. The summed E-state index contributed by atoms with van der Waals surface area (Å²) in [7, 11) is 3.83. The molecule has 3 aliphatic rings. The van der Waals surface area contributed by atoms with Crippen LogP contribution in [0, 0.1) is 29.6 Å². The van der Waals surface area contributed by atoms with E-state index in [4.69, 9.17) is 33.2 Å². The van der Waals surface area contributed by atoms with E-state index < -0.39 is 95.5 Å². The van der Waals surface area contributed by atoms with E-state index in [0.717, 1.165) is 10.5 Å².